The van der Waals surface area contributed by atoms with E-state index >= 15 is 0 Å². The van der Waals surface area contributed by atoms with Gasteiger partial charge in [0.2, 0.25) is 11.8 Å². The first-order chi connectivity index (χ1) is 11.6. The third kappa shape index (κ3) is 2.30. The van der Waals surface area contributed by atoms with E-state index in [-0.39, 0.29) is 17.7 Å². The summed E-state index contributed by atoms with van der Waals surface area (Å²) in [5.74, 6) is -0.404. The Morgan fingerprint density at radius 1 is 1.29 bits per heavy atom. The summed E-state index contributed by atoms with van der Waals surface area (Å²) in [5.41, 5.74) is 0.797. The zero-order valence-electron chi connectivity index (χ0n) is 13.2. The minimum absolute atomic E-state index is 0.0343. The van der Waals surface area contributed by atoms with Gasteiger partial charge in [0.05, 0.1) is 5.69 Å². The molecule has 3 aliphatic rings. The molecule has 6 nitrogen and oxygen atoms in total. The molecule has 0 aromatic heterocycles. The molecule has 0 radical (unpaired) electrons. The van der Waals surface area contributed by atoms with Crippen molar-refractivity contribution in [2.24, 2.45) is 0 Å². The normalized spacial score (nSPS) is 28.8. The molecule has 4 rings (SSSR count). The molecule has 126 valence electrons. The van der Waals surface area contributed by atoms with Crippen LogP contribution in [0.5, 0.6) is 0 Å². The summed E-state index contributed by atoms with van der Waals surface area (Å²) in [5, 5.41) is 5.74. The molecule has 2 N–H and O–H groups in total. The molecule has 3 heterocycles. The lowest BCUT2D eigenvalue weighted by Gasteiger charge is -2.31. The smallest absolute Gasteiger partial charge is 0.257 e. The van der Waals surface area contributed by atoms with Gasteiger partial charge in [0.1, 0.15) is 6.04 Å². The molecule has 0 unspecified atom stereocenters. The van der Waals surface area contributed by atoms with Crippen LogP contribution in [0.1, 0.15) is 32.1 Å². The molecule has 3 aliphatic heterocycles. The predicted octanol–water partition coefficient (Wildman–Crippen LogP) is 1.40. The zero-order chi connectivity index (χ0) is 16.7. The topological polar surface area (TPSA) is 78.5 Å². The lowest BCUT2D eigenvalue weighted by Crippen LogP contribution is -2.57. The van der Waals surface area contributed by atoms with Crippen molar-refractivity contribution in [2.45, 2.75) is 47.9 Å². The van der Waals surface area contributed by atoms with E-state index in [1.54, 1.807) is 4.90 Å². The molecule has 2 fully saturated rings. The number of hydrogen-bond acceptors (Lipinski definition) is 4. The Morgan fingerprint density at radius 3 is 3.00 bits per heavy atom. The van der Waals surface area contributed by atoms with Gasteiger partial charge in [-0.05, 0) is 37.8 Å². The van der Waals surface area contributed by atoms with Gasteiger partial charge in [0.15, 0.2) is 4.87 Å². The maximum absolute atomic E-state index is 13.1. The van der Waals surface area contributed by atoms with Gasteiger partial charge in [-0.15, -0.1) is 0 Å². The largest absolute Gasteiger partial charge is 0.354 e. The first-order valence-electron chi connectivity index (χ1n) is 8.32. The molecule has 0 aliphatic carbocycles. The first-order valence-corrected chi connectivity index (χ1v) is 9.13. The van der Waals surface area contributed by atoms with Gasteiger partial charge in [0.25, 0.3) is 5.91 Å². The third-order valence-corrected chi connectivity index (χ3v) is 6.34. The maximum atomic E-state index is 13.1. The number of nitrogens with one attached hydrogen (secondary N) is 2. The highest BCUT2D eigenvalue weighted by atomic mass is 32.2. The van der Waals surface area contributed by atoms with Crippen molar-refractivity contribution in [2.75, 3.05) is 11.4 Å². The molecule has 0 saturated carbocycles. The van der Waals surface area contributed by atoms with Gasteiger partial charge in [-0.25, -0.2) is 0 Å². The van der Waals surface area contributed by atoms with Crippen molar-refractivity contribution in [1.82, 2.24) is 10.6 Å². The van der Waals surface area contributed by atoms with Crippen LogP contribution in [0.25, 0.3) is 0 Å². The van der Waals surface area contributed by atoms with E-state index < -0.39 is 10.9 Å². The molecular formula is C17H19N3O3S. The average Bonchev–Trinajstić information content (AvgIpc) is 3.01. The van der Waals surface area contributed by atoms with Gasteiger partial charge in [-0.3, -0.25) is 19.3 Å². The second-order valence-electron chi connectivity index (χ2n) is 6.40. The molecule has 2 atom stereocenters. The fourth-order valence-corrected chi connectivity index (χ4v) is 5.07. The van der Waals surface area contributed by atoms with Crippen LogP contribution in [0.15, 0.2) is 29.2 Å². The molecule has 0 spiro atoms. The minimum atomic E-state index is -0.951. The monoisotopic (exact) mass is 345 g/mol. The Hall–Kier alpha value is -2.02. The highest BCUT2D eigenvalue weighted by Crippen LogP contribution is 2.55. The Labute approximate surface area is 144 Å². The van der Waals surface area contributed by atoms with Crippen molar-refractivity contribution >= 4 is 35.2 Å². The summed E-state index contributed by atoms with van der Waals surface area (Å²) < 4.78 is 0. The van der Waals surface area contributed by atoms with Crippen molar-refractivity contribution in [3.05, 3.63) is 24.3 Å². The summed E-state index contributed by atoms with van der Waals surface area (Å²) in [7, 11) is 0. The van der Waals surface area contributed by atoms with Crippen LogP contribution in [-0.2, 0) is 14.4 Å². The fraction of sp³-hybridized carbons (Fsp3) is 0.471. The minimum Gasteiger partial charge on any atom is -0.354 e. The number of rotatable bonds is 2. The summed E-state index contributed by atoms with van der Waals surface area (Å²) in [4.78, 5) is 39.2. The number of carbonyl (C=O) groups excluding carboxylic acids is 3. The van der Waals surface area contributed by atoms with Gasteiger partial charge in [-0.1, -0.05) is 23.9 Å². The van der Waals surface area contributed by atoms with Crippen LogP contribution >= 0.6 is 11.8 Å². The van der Waals surface area contributed by atoms with Gasteiger partial charge in [-0.2, -0.15) is 0 Å². The van der Waals surface area contributed by atoms with Crippen molar-refractivity contribution < 1.29 is 14.4 Å². The van der Waals surface area contributed by atoms with E-state index in [9.17, 15) is 14.4 Å². The van der Waals surface area contributed by atoms with Crippen LogP contribution in [0.2, 0.25) is 0 Å². The SMILES string of the molecule is O=C1NCCCC[C@@H]1NC(=O)[C@@]12CCC(=O)N1c1ccccc1S2. The van der Waals surface area contributed by atoms with Crippen LogP contribution in [0.4, 0.5) is 5.69 Å². The van der Waals surface area contributed by atoms with Crippen molar-refractivity contribution in [3.8, 4) is 0 Å². The molecule has 1 aromatic rings. The Morgan fingerprint density at radius 2 is 2.12 bits per heavy atom. The number of amides is 3. The number of para-hydroxylation sites is 1. The highest BCUT2D eigenvalue weighted by Gasteiger charge is 2.57. The molecule has 7 heteroatoms. The molecular weight excluding hydrogens is 326 g/mol. The summed E-state index contributed by atoms with van der Waals surface area (Å²) in [6.07, 6.45) is 3.27. The number of anilines is 1. The van der Waals surface area contributed by atoms with E-state index in [2.05, 4.69) is 10.6 Å². The summed E-state index contributed by atoms with van der Waals surface area (Å²) in [6, 6.07) is 7.06. The first kappa shape index (κ1) is 15.5. The van der Waals surface area contributed by atoms with E-state index in [1.807, 2.05) is 24.3 Å². The van der Waals surface area contributed by atoms with Gasteiger partial charge < -0.3 is 10.6 Å². The molecule has 2 saturated heterocycles. The van der Waals surface area contributed by atoms with Gasteiger partial charge >= 0.3 is 0 Å². The van der Waals surface area contributed by atoms with E-state index in [1.165, 1.54) is 11.8 Å². The van der Waals surface area contributed by atoms with Crippen LogP contribution < -0.4 is 15.5 Å². The second kappa shape index (κ2) is 5.81. The molecule has 24 heavy (non-hydrogen) atoms. The number of benzene rings is 1. The van der Waals surface area contributed by atoms with Gasteiger partial charge in [0, 0.05) is 17.9 Å². The average molecular weight is 345 g/mol. The van der Waals surface area contributed by atoms with Crippen LogP contribution in [0.3, 0.4) is 0 Å². The summed E-state index contributed by atoms with van der Waals surface area (Å²) >= 11 is 1.42. The standard InChI is InChI=1S/C17H19N3O3S/c21-14-8-9-17(20(14)12-6-1-2-7-13(12)24-17)16(23)19-11-5-3-4-10-18-15(11)22/h1-2,6-7,11H,3-5,8-10H2,(H,18,22)(H,19,23)/t11-,17-/m0/s1. The lowest BCUT2D eigenvalue weighted by atomic mass is 10.1. The lowest BCUT2D eigenvalue weighted by molar-refractivity contribution is -0.130. The number of nitrogens with zero attached hydrogens (tertiary/aromatic N) is 1. The number of fused-ring (bicyclic) bond motifs is 3. The predicted molar refractivity (Wildman–Crippen MR) is 90.5 cm³/mol. The zero-order valence-corrected chi connectivity index (χ0v) is 14.0. The van der Waals surface area contributed by atoms with Crippen LogP contribution in [-0.4, -0.2) is 35.2 Å². The van der Waals surface area contributed by atoms with Crippen LogP contribution in [0, 0.1) is 0 Å². The summed E-state index contributed by atoms with van der Waals surface area (Å²) in [6.45, 7) is 0.654. The van der Waals surface area contributed by atoms with E-state index in [0.29, 0.717) is 25.8 Å². The Balaban J connectivity index is 1.62. The van der Waals surface area contributed by atoms with E-state index in [0.717, 1.165) is 23.4 Å². The third-order valence-electron chi connectivity index (χ3n) is 4.87. The highest BCUT2D eigenvalue weighted by molar-refractivity contribution is 8.02. The van der Waals surface area contributed by atoms with E-state index in [4.69, 9.17) is 0 Å². The van der Waals surface area contributed by atoms with Crippen molar-refractivity contribution in [3.63, 3.8) is 0 Å². The number of thioether (sulfide) groups is 1. The Bertz CT molecular complexity index is 723. The molecule has 3 amide bonds. The molecule has 0 bridgehead atoms. The van der Waals surface area contributed by atoms with Crippen molar-refractivity contribution in [1.29, 1.82) is 0 Å². The molecule has 1 aromatic carbocycles. The quantitative estimate of drug-likeness (QED) is 0.849. The fourth-order valence-electron chi connectivity index (χ4n) is 3.65. The number of hydrogen-bond donors (Lipinski definition) is 2. The number of carbonyl (C=O) groups is 3. The maximum Gasteiger partial charge on any atom is 0.257 e. The Kier molecular flexibility index (Phi) is 3.75. The second-order valence-corrected chi connectivity index (χ2v) is 7.72.